The Bertz CT molecular complexity index is 430. The van der Waals surface area contributed by atoms with E-state index in [1.165, 1.54) is 5.56 Å². The molecule has 1 heterocycles. The number of amides is 1. The highest BCUT2D eigenvalue weighted by molar-refractivity contribution is 9.10. The van der Waals surface area contributed by atoms with Crippen LogP contribution in [0.2, 0.25) is 0 Å². The largest absolute Gasteiger partial charge is 0.342 e. The van der Waals surface area contributed by atoms with Crippen molar-refractivity contribution in [2.75, 3.05) is 18.8 Å². The number of likely N-dealkylation sites (tertiary alicyclic amines) is 1. The number of carbonyl (C=O) groups is 1. The molecule has 0 bridgehead atoms. The number of rotatable bonds is 4. The van der Waals surface area contributed by atoms with E-state index in [4.69, 9.17) is 0 Å². The van der Waals surface area contributed by atoms with Crippen LogP contribution in [-0.4, -0.2) is 29.6 Å². The molecular weight excluding hydrogens is 322 g/mol. The Morgan fingerprint density at radius 1 is 1.37 bits per heavy atom. The molecule has 1 aliphatic rings. The number of hydrogen-bond acceptors (Lipinski definition) is 2. The second kappa shape index (κ2) is 7.34. The first kappa shape index (κ1) is 14.9. The quantitative estimate of drug-likeness (QED) is 0.826. The Morgan fingerprint density at radius 3 is 2.74 bits per heavy atom. The number of halogens is 1. The molecule has 0 spiro atoms. The van der Waals surface area contributed by atoms with E-state index < -0.39 is 0 Å². The molecule has 0 aromatic heterocycles. The van der Waals surface area contributed by atoms with Gasteiger partial charge in [0.25, 0.3) is 0 Å². The summed E-state index contributed by atoms with van der Waals surface area (Å²) in [6.45, 7) is 4.15. The Morgan fingerprint density at radius 2 is 2.05 bits per heavy atom. The zero-order valence-corrected chi connectivity index (χ0v) is 13.7. The summed E-state index contributed by atoms with van der Waals surface area (Å²) in [5.74, 6) is 2.55. The first-order chi connectivity index (χ1) is 9.16. The van der Waals surface area contributed by atoms with E-state index >= 15 is 0 Å². The molecule has 104 valence electrons. The van der Waals surface area contributed by atoms with Crippen molar-refractivity contribution < 1.29 is 4.79 Å². The highest BCUT2D eigenvalue weighted by Crippen LogP contribution is 2.22. The van der Waals surface area contributed by atoms with Gasteiger partial charge in [-0.3, -0.25) is 4.79 Å². The summed E-state index contributed by atoms with van der Waals surface area (Å²) in [4.78, 5) is 14.1. The Hall–Kier alpha value is -0.480. The Kier molecular flexibility index (Phi) is 5.76. The van der Waals surface area contributed by atoms with Gasteiger partial charge in [0.1, 0.15) is 0 Å². The molecule has 2 rings (SSSR count). The maximum atomic E-state index is 12.1. The SMILES string of the molecule is CC1CCN(C(=O)CSCc2ccccc2Br)CC1. The zero-order chi connectivity index (χ0) is 13.7. The Balaban J connectivity index is 1.74. The molecule has 0 N–H and O–H groups in total. The maximum Gasteiger partial charge on any atom is 0.232 e. The van der Waals surface area contributed by atoms with Crippen molar-refractivity contribution >= 4 is 33.6 Å². The number of benzene rings is 1. The molecule has 1 saturated heterocycles. The summed E-state index contributed by atoms with van der Waals surface area (Å²) in [7, 11) is 0. The van der Waals surface area contributed by atoms with Gasteiger partial charge in [-0.1, -0.05) is 41.1 Å². The molecule has 1 aliphatic heterocycles. The van der Waals surface area contributed by atoms with Crippen LogP contribution in [0.25, 0.3) is 0 Å². The van der Waals surface area contributed by atoms with Gasteiger partial charge in [0.2, 0.25) is 5.91 Å². The van der Waals surface area contributed by atoms with E-state index in [9.17, 15) is 4.79 Å². The fourth-order valence-corrected chi connectivity index (χ4v) is 3.75. The van der Waals surface area contributed by atoms with Crippen molar-refractivity contribution in [3.05, 3.63) is 34.3 Å². The van der Waals surface area contributed by atoms with Gasteiger partial charge in [-0.2, -0.15) is 0 Å². The number of thioether (sulfide) groups is 1. The normalized spacial score (nSPS) is 16.6. The summed E-state index contributed by atoms with van der Waals surface area (Å²) in [6.07, 6.45) is 2.31. The van der Waals surface area contributed by atoms with E-state index in [-0.39, 0.29) is 0 Å². The minimum absolute atomic E-state index is 0.295. The number of nitrogens with zero attached hydrogens (tertiary/aromatic N) is 1. The zero-order valence-electron chi connectivity index (χ0n) is 11.3. The fourth-order valence-electron chi connectivity index (χ4n) is 2.21. The molecule has 0 atom stereocenters. The minimum atomic E-state index is 0.295. The molecular formula is C15H20BrNOS. The standard InChI is InChI=1S/C15H20BrNOS/c1-12-6-8-17(9-7-12)15(18)11-19-10-13-4-2-3-5-14(13)16/h2-5,12H,6-11H2,1H3. The van der Waals surface area contributed by atoms with Crippen molar-refractivity contribution in [2.45, 2.75) is 25.5 Å². The van der Waals surface area contributed by atoms with Crippen molar-refractivity contribution in [1.29, 1.82) is 0 Å². The molecule has 0 saturated carbocycles. The van der Waals surface area contributed by atoms with Crippen LogP contribution in [0.5, 0.6) is 0 Å². The molecule has 1 aromatic rings. The first-order valence-corrected chi connectivity index (χ1v) is 8.70. The monoisotopic (exact) mass is 341 g/mol. The lowest BCUT2D eigenvalue weighted by Gasteiger charge is -2.30. The molecule has 4 heteroatoms. The van der Waals surface area contributed by atoms with Gasteiger partial charge in [-0.05, 0) is 30.4 Å². The fraction of sp³-hybridized carbons (Fsp3) is 0.533. The summed E-state index contributed by atoms with van der Waals surface area (Å²) in [6, 6.07) is 8.20. The van der Waals surface area contributed by atoms with E-state index in [0.717, 1.165) is 42.1 Å². The van der Waals surface area contributed by atoms with E-state index in [1.54, 1.807) is 11.8 Å². The van der Waals surface area contributed by atoms with Gasteiger partial charge >= 0.3 is 0 Å². The number of carbonyl (C=O) groups excluding carboxylic acids is 1. The highest BCUT2D eigenvalue weighted by atomic mass is 79.9. The van der Waals surface area contributed by atoms with Crippen molar-refractivity contribution in [3.63, 3.8) is 0 Å². The minimum Gasteiger partial charge on any atom is -0.342 e. The average Bonchev–Trinajstić information content (AvgIpc) is 2.41. The molecule has 19 heavy (non-hydrogen) atoms. The van der Waals surface area contributed by atoms with Gasteiger partial charge in [0.05, 0.1) is 5.75 Å². The van der Waals surface area contributed by atoms with Crippen molar-refractivity contribution in [2.24, 2.45) is 5.92 Å². The number of hydrogen-bond donors (Lipinski definition) is 0. The summed E-state index contributed by atoms with van der Waals surface area (Å²) in [5, 5.41) is 0. The van der Waals surface area contributed by atoms with E-state index in [2.05, 4.69) is 28.9 Å². The van der Waals surface area contributed by atoms with Gasteiger partial charge in [0.15, 0.2) is 0 Å². The van der Waals surface area contributed by atoms with Gasteiger partial charge in [-0.25, -0.2) is 0 Å². The topological polar surface area (TPSA) is 20.3 Å². The lowest BCUT2D eigenvalue weighted by atomic mass is 9.99. The van der Waals surface area contributed by atoms with Gasteiger partial charge < -0.3 is 4.90 Å². The molecule has 0 aliphatic carbocycles. The van der Waals surface area contributed by atoms with E-state index in [1.807, 2.05) is 23.1 Å². The predicted octanol–water partition coefficient (Wildman–Crippen LogP) is 3.94. The summed E-state index contributed by atoms with van der Waals surface area (Å²) in [5.41, 5.74) is 1.26. The molecule has 1 aromatic carbocycles. The van der Waals surface area contributed by atoms with Crippen molar-refractivity contribution in [3.8, 4) is 0 Å². The van der Waals surface area contributed by atoms with Gasteiger partial charge in [-0.15, -0.1) is 11.8 Å². The third-order valence-corrected chi connectivity index (χ3v) is 5.32. The lowest BCUT2D eigenvalue weighted by molar-refractivity contribution is -0.129. The molecule has 1 fully saturated rings. The second-order valence-electron chi connectivity index (χ2n) is 5.15. The van der Waals surface area contributed by atoms with Crippen LogP contribution in [-0.2, 0) is 10.5 Å². The summed E-state index contributed by atoms with van der Waals surface area (Å²) >= 11 is 5.24. The van der Waals surface area contributed by atoms with Crippen LogP contribution in [0, 0.1) is 5.92 Å². The average molecular weight is 342 g/mol. The molecule has 1 amide bonds. The van der Waals surface area contributed by atoms with Crippen LogP contribution >= 0.6 is 27.7 Å². The van der Waals surface area contributed by atoms with Gasteiger partial charge in [0, 0.05) is 23.3 Å². The van der Waals surface area contributed by atoms with Crippen LogP contribution in [0.15, 0.2) is 28.7 Å². The second-order valence-corrected chi connectivity index (χ2v) is 6.99. The van der Waals surface area contributed by atoms with E-state index in [0.29, 0.717) is 11.7 Å². The van der Waals surface area contributed by atoms with Crippen LogP contribution in [0.3, 0.4) is 0 Å². The Labute approximate surface area is 128 Å². The first-order valence-electron chi connectivity index (χ1n) is 6.75. The predicted molar refractivity (Wildman–Crippen MR) is 85.3 cm³/mol. The number of piperidine rings is 1. The van der Waals surface area contributed by atoms with Crippen LogP contribution in [0.1, 0.15) is 25.3 Å². The third kappa shape index (κ3) is 4.53. The summed E-state index contributed by atoms with van der Waals surface area (Å²) < 4.78 is 1.13. The maximum absolute atomic E-state index is 12.1. The third-order valence-electron chi connectivity index (χ3n) is 3.58. The lowest BCUT2D eigenvalue weighted by Crippen LogP contribution is -2.38. The van der Waals surface area contributed by atoms with Crippen LogP contribution in [0.4, 0.5) is 0 Å². The molecule has 0 radical (unpaired) electrons. The van der Waals surface area contributed by atoms with Crippen LogP contribution < -0.4 is 0 Å². The van der Waals surface area contributed by atoms with Crippen molar-refractivity contribution in [1.82, 2.24) is 4.90 Å². The highest BCUT2D eigenvalue weighted by Gasteiger charge is 2.19. The molecule has 2 nitrogen and oxygen atoms in total. The smallest absolute Gasteiger partial charge is 0.232 e. The molecule has 0 unspecified atom stereocenters.